The van der Waals surface area contributed by atoms with Crippen molar-refractivity contribution >= 4 is 17.7 Å². The fraction of sp³-hybridized carbons (Fsp3) is 0.500. The van der Waals surface area contributed by atoms with Crippen LogP contribution in [-0.4, -0.2) is 32.2 Å². The number of hydrogen-bond donors (Lipinski definition) is 2. The summed E-state index contributed by atoms with van der Waals surface area (Å²) in [5.74, 6) is 1.58. The SMILES string of the molecule is COc1c(C)c(-c2ccc(NC3CCCC3)cc2)c(OC)c(C)c1/C=C(\C)C(=O)NC1CCCC1. The van der Waals surface area contributed by atoms with Crippen molar-refractivity contribution in [1.82, 2.24) is 5.32 Å². The Hall–Kier alpha value is -2.95. The Bertz CT molecular complexity index is 1080. The lowest BCUT2D eigenvalue weighted by molar-refractivity contribution is -0.118. The minimum Gasteiger partial charge on any atom is -0.496 e. The molecule has 2 fully saturated rings. The van der Waals surface area contributed by atoms with Crippen molar-refractivity contribution in [3.8, 4) is 22.6 Å². The third-order valence-corrected chi connectivity index (χ3v) is 7.65. The molecule has 1 amide bonds. The largest absolute Gasteiger partial charge is 0.496 e. The molecule has 4 rings (SSSR count). The summed E-state index contributed by atoms with van der Waals surface area (Å²) in [5, 5.41) is 6.84. The van der Waals surface area contributed by atoms with Gasteiger partial charge in [-0.2, -0.15) is 0 Å². The molecule has 0 aromatic heterocycles. The maximum atomic E-state index is 12.8. The smallest absolute Gasteiger partial charge is 0.247 e. The molecule has 2 aromatic rings. The highest BCUT2D eigenvalue weighted by Crippen LogP contribution is 2.45. The van der Waals surface area contributed by atoms with Gasteiger partial charge in [0.1, 0.15) is 11.5 Å². The van der Waals surface area contributed by atoms with E-state index in [9.17, 15) is 4.79 Å². The zero-order valence-electron chi connectivity index (χ0n) is 21.9. The molecular weight excluding hydrogens is 436 g/mol. The first-order chi connectivity index (χ1) is 16.9. The van der Waals surface area contributed by atoms with E-state index < -0.39 is 0 Å². The van der Waals surface area contributed by atoms with Gasteiger partial charge in [0.15, 0.2) is 0 Å². The molecule has 5 heteroatoms. The Morgan fingerprint density at radius 2 is 1.43 bits per heavy atom. The zero-order chi connectivity index (χ0) is 24.9. The van der Waals surface area contributed by atoms with Gasteiger partial charge in [-0.25, -0.2) is 0 Å². The Kier molecular flexibility index (Phi) is 8.04. The van der Waals surface area contributed by atoms with Crippen molar-refractivity contribution in [1.29, 1.82) is 0 Å². The van der Waals surface area contributed by atoms with Crippen molar-refractivity contribution < 1.29 is 14.3 Å². The first-order valence-corrected chi connectivity index (χ1v) is 13.0. The summed E-state index contributed by atoms with van der Waals surface area (Å²) in [5.41, 5.74) is 6.81. The van der Waals surface area contributed by atoms with Crippen LogP contribution in [0.5, 0.6) is 11.5 Å². The number of amides is 1. The van der Waals surface area contributed by atoms with E-state index >= 15 is 0 Å². The van der Waals surface area contributed by atoms with Crippen molar-refractivity contribution in [3.63, 3.8) is 0 Å². The molecule has 0 unspecified atom stereocenters. The third kappa shape index (κ3) is 5.50. The van der Waals surface area contributed by atoms with Gasteiger partial charge < -0.3 is 20.1 Å². The van der Waals surface area contributed by atoms with E-state index in [0.29, 0.717) is 17.7 Å². The zero-order valence-corrected chi connectivity index (χ0v) is 21.9. The van der Waals surface area contributed by atoms with Gasteiger partial charge in [0.05, 0.1) is 14.2 Å². The monoisotopic (exact) mass is 476 g/mol. The van der Waals surface area contributed by atoms with E-state index in [4.69, 9.17) is 9.47 Å². The second kappa shape index (κ2) is 11.2. The second-order valence-electron chi connectivity index (χ2n) is 10.1. The van der Waals surface area contributed by atoms with Crippen molar-refractivity contribution in [2.75, 3.05) is 19.5 Å². The number of hydrogen-bond acceptors (Lipinski definition) is 4. The first-order valence-electron chi connectivity index (χ1n) is 13.0. The van der Waals surface area contributed by atoms with Crippen LogP contribution in [-0.2, 0) is 4.79 Å². The van der Waals surface area contributed by atoms with E-state index in [1.807, 2.05) is 19.9 Å². The quantitative estimate of drug-likeness (QED) is 0.411. The van der Waals surface area contributed by atoms with Crippen LogP contribution in [0.1, 0.15) is 75.0 Å². The van der Waals surface area contributed by atoms with Gasteiger partial charge in [-0.1, -0.05) is 37.8 Å². The Balaban J connectivity index is 1.67. The number of nitrogens with one attached hydrogen (secondary N) is 2. The lowest BCUT2D eigenvalue weighted by atomic mass is 9.91. The van der Waals surface area contributed by atoms with Gasteiger partial charge in [-0.05, 0) is 70.2 Å². The number of carbonyl (C=O) groups excluding carboxylic acids is 1. The summed E-state index contributed by atoms with van der Waals surface area (Å²) in [6.07, 6.45) is 11.6. The third-order valence-electron chi connectivity index (χ3n) is 7.65. The van der Waals surface area contributed by atoms with E-state index in [-0.39, 0.29) is 5.91 Å². The second-order valence-corrected chi connectivity index (χ2v) is 10.1. The Labute approximate surface area is 210 Å². The molecule has 5 nitrogen and oxygen atoms in total. The maximum absolute atomic E-state index is 12.8. The minimum absolute atomic E-state index is 0.00981. The van der Waals surface area contributed by atoms with E-state index in [2.05, 4.69) is 41.8 Å². The van der Waals surface area contributed by atoms with E-state index in [1.165, 1.54) is 38.5 Å². The normalized spacial score (nSPS) is 17.0. The predicted octanol–water partition coefficient (Wildman–Crippen LogP) is 6.80. The van der Waals surface area contributed by atoms with Crippen LogP contribution in [0.3, 0.4) is 0 Å². The molecule has 0 saturated heterocycles. The molecule has 2 aromatic carbocycles. The van der Waals surface area contributed by atoms with Crippen LogP contribution in [0, 0.1) is 13.8 Å². The van der Waals surface area contributed by atoms with Gasteiger partial charge in [-0.3, -0.25) is 4.79 Å². The lowest BCUT2D eigenvalue weighted by Crippen LogP contribution is -2.33. The molecular formula is C30H40N2O3. The number of carbonyl (C=O) groups is 1. The highest BCUT2D eigenvalue weighted by Gasteiger charge is 2.23. The Morgan fingerprint density at radius 1 is 0.857 bits per heavy atom. The van der Waals surface area contributed by atoms with Gasteiger partial charge >= 0.3 is 0 Å². The highest BCUT2D eigenvalue weighted by molar-refractivity contribution is 5.98. The molecule has 2 aliphatic rings. The summed E-state index contributed by atoms with van der Waals surface area (Å²) in [7, 11) is 3.40. The fourth-order valence-electron chi connectivity index (χ4n) is 5.70. The topological polar surface area (TPSA) is 59.6 Å². The predicted molar refractivity (Wildman–Crippen MR) is 144 cm³/mol. The molecule has 35 heavy (non-hydrogen) atoms. The molecule has 2 saturated carbocycles. The summed E-state index contributed by atoms with van der Waals surface area (Å²) in [4.78, 5) is 12.8. The van der Waals surface area contributed by atoms with Crippen LogP contribution in [0.15, 0.2) is 29.8 Å². The molecule has 0 radical (unpaired) electrons. The maximum Gasteiger partial charge on any atom is 0.247 e. The van der Waals surface area contributed by atoms with Gasteiger partial charge in [0.2, 0.25) is 5.91 Å². The first kappa shape index (κ1) is 25.2. The van der Waals surface area contributed by atoms with Crippen molar-refractivity contribution in [2.24, 2.45) is 0 Å². The van der Waals surface area contributed by atoms with Gasteiger partial charge in [0, 0.05) is 45.6 Å². The van der Waals surface area contributed by atoms with Crippen LogP contribution >= 0.6 is 0 Å². The summed E-state index contributed by atoms with van der Waals surface area (Å²) in [6, 6.07) is 9.48. The number of benzene rings is 2. The van der Waals surface area contributed by atoms with E-state index in [0.717, 1.165) is 57.8 Å². The van der Waals surface area contributed by atoms with Crippen molar-refractivity contribution in [2.45, 2.75) is 84.2 Å². The van der Waals surface area contributed by atoms with E-state index in [1.54, 1.807) is 14.2 Å². The van der Waals surface area contributed by atoms with Gasteiger partial charge in [0.25, 0.3) is 0 Å². The average Bonchev–Trinajstić information content (AvgIpc) is 3.56. The molecule has 0 heterocycles. The summed E-state index contributed by atoms with van der Waals surface area (Å²) >= 11 is 0. The molecule has 0 bridgehead atoms. The average molecular weight is 477 g/mol. The summed E-state index contributed by atoms with van der Waals surface area (Å²) in [6.45, 7) is 5.97. The molecule has 0 spiro atoms. The van der Waals surface area contributed by atoms with Crippen LogP contribution in [0.4, 0.5) is 5.69 Å². The molecule has 188 valence electrons. The van der Waals surface area contributed by atoms with Crippen LogP contribution in [0.25, 0.3) is 17.2 Å². The lowest BCUT2D eigenvalue weighted by Gasteiger charge is -2.22. The molecule has 0 atom stereocenters. The molecule has 2 aliphatic carbocycles. The Morgan fingerprint density at radius 3 is 2.00 bits per heavy atom. The number of anilines is 1. The van der Waals surface area contributed by atoms with Crippen molar-refractivity contribution in [3.05, 3.63) is 46.5 Å². The number of rotatable bonds is 8. The summed E-state index contributed by atoms with van der Waals surface area (Å²) < 4.78 is 11.8. The standard InChI is InChI=1S/C30H40N2O3/c1-19(30(33)32-24-12-8-9-13-24)18-26-20(2)29(35-5)27(21(3)28(26)34-4)22-14-16-25(17-15-22)31-23-10-6-7-11-23/h14-18,23-24,31H,6-13H2,1-5H3,(H,32,33)/b19-18+. The number of methoxy groups -OCH3 is 2. The molecule has 2 N–H and O–H groups in total. The highest BCUT2D eigenvalue weighted by atomic mass is 16.5. The van der Waals surface area contributed by atoms with Crippen LogP contribution in [0.2, 0.25) is 0 Å². The fourth-order valence-corrected chi connectivity index (χ4v) is 5.70. The van der Waals surface area contributed by atoms with Crippen LogP contribution < -0.4 is 20.1 Å². The number of ether oxygens (including phenoxy) is 2. The minimum atomic E-state index is -0.00981. The van der Waals surface area contributed by atoms with Gasteiger partial charge in [-0.15, -0.1) is 0 Å². The molecule has 0 aliphatic heterocycles.